The third kappa shape index (κ3) is 3.77. The average Bonchev–Trinajstić information content (AvgIpc) is 3.41. The van der Waals surface area contributed by atoms with Crippen molar-refractivity contribution in [1.82, 2.24) is 5.48 Å². The summed E-state index contributed by atoms with van der Waals surface area (Å²) in [4.78, 5) is 10.3. The maximum atomic E-state index is 9.48. The molecule has 0 aliphatic carbocycles. The quantitative estimate of drug-likeness (QED) is 0.489. The van der Waals surface area contributed by atoms with Gasteiger partial charge in [-0.1, -0.05) is 37.6 Å². The van der Waals surface area contributed by atoms with Crippen LogP contribution >= 0.6 is 0 Å². The summed E-state index contributed by atoms with van der Waals surface area (Å²) in [6.45, 7) is 1.32. The number of hydrogen-bond donors (Lipinski definition) is 4. The molecular formula is C22H25N3O4. The molecule has 5 N–H and O–H groups in total. The lowest BCUT2D eigenvalue weighted by atomic mass is 10.00. The summed E-state index contributed by atoms with van der Waals surface area (Å²) < 4.78 is 5.72. The predicted octanol–water partition coefficient (Wildman–Crippen LogP) is 2.50. The molecule has 0 fully saturated rings. The molecule has 3 aromatic rings. The van der Waals surface area contributed by atoms with Crippen molar-refractivity contribution in [2.45, 2.75) is 31.5 Å². The number of aryl methyl sites for hydroxylation is 1. The van der Waals surface area contributed by atoms with Crippen LogP contribution in [0.15, 0.2) is 57.9 Å². The van der Waals surface area contributed by atoms with Gasteiger partial charge in [-0.25, -0.2) is 15.3 Å². The molecule has 29 heavy (non-hydrogen) atoms. The number of aliphatic imine (C=N–C) groups is 1. The largest absolute Gasteiger partial charge is 0.459 e. The van der Waals surface area contributed by atoms with E-state index in [1.54, 1.807) is 12.1 Å². The highest BCUT2D eigenvalue weighted by Gasteiger charge is 2.30. The molecule has 1 aliphatic rings. The number of nitrogens with two attached hydrogens (primary N) is 1. The maximum absolute atomic E-state index is 9.48. The SMILES string of the molecule is CCCc1ccc(C2N=C(c3ccc4oc(C(N)(CO)CO)cc4c3)NO2)cc1. The van der Waals surface area contributed by atoms with E-state index in [-0.39, 0.29) is 0 Å². The standard InChI is InChI=1S/C22H25N3O4/c1-2-3-14-4-6-15(7-5-14)21-24-20(25-29-21)16-8-9-18-17(10-16)11-19(28-18)22(23,12-26)13-27/h4-11,21,26-27H,2-3,12-13,23H2,1H3,(H,24,25). The molecule has 1 aromatic heterocycles. The number of hydroxylamine groups is 1. The molecule has 1 atom stereocenters. The van der Waals surface area contributed by atoms with E-state index in [0.29, 0.717) is 17.2 Å². The fourth-order valence-electron chi connectivity index (χ4n) is 3.34. The second kappa shape index (κ2) is 7.96. The Hall–Kier alpha value is -2.71. The van der Waals surface area contributed by atoms with Crippen molar-refractivity contribution in [2.75, 3.05) is 13.2 Å². The number of amidine groups is 1. The monoisotopic (exact) mass is 395 g/mol. The molecule has 0 saturated heterocycles. The van der Waals surface area contributed by atoms with E-state index >= 15 is 0 Å². The minimum Gasteiger partial charge on any atom is -0.459 e. The number of hydrogen-bond acceptors (Lipinski definition) is 7. The van der Waals surface area contributed by atoms with Crippen molar-refractivity contribution in [3.05, 3.63) is 71.0 Å². The van der Waals surface area contributed by atoms with Crippen LogP contribution in [0.25, 0.3) is 11.0 Å². The molecule has 0 radical (unpaired) electrons. The van der Waals surface area contributed by atoms with Gasteiger partial charge in [-0.05, 0) is 36.2 Å². The Kier molecular flexibility index (Phi) is 5.38. The Labute approximate surface area is 168 Å². The van der Waals surface area contributed by atoms with E-state index in [1.807, 2.05) is 24.3 Å². The number of nitrogens with one attached hydrogen (secondary N) is 1. The summed E-state index contributed by atoms with van der Waals surface area (Å²) in [6, 6.07) is 15.6. The van der Waals surface area contributed by atoms with Crippen LogP contribution in [-0.4, -0.2) is 29.3 Å². The number of rotatable bonds is 7. The maximum Gasteiger partial charge on any atom is 0.202 e. The predicted molar refractivity (Wildman–Crippen MR) is 110 cm³/mol. The lowest BCUT2D eigenvalue weighted by molar-refractivity contribution is 0.0377. The van der Waals surface area contributed by atoms with E-state index in [4.69, 9.17) is 15.0 Å². The summed E-state index contributed by atoms with van der Waals surface area (Å²) >= 11 is 0. The topological polar surface area (TPSA) is 113 Å². The van der Waals surface area contributed by atoms with Crippen molar-refractivity contribution in [2.24, 2.45) is 10.7 Å². The molecule has 2 heterocycles. The average molecular weight is 395 g/mol. The van der Waals surface area contributed by atoms with Gasteiger partial charge < -0.3 is 20.4 Å². The van der Waals surface area contributed by atoms with Gasteiger partial charge >= 0.3 is 0 Å². The lowest BCUT2D eigenvalue weighted by Crippen LogP contribution is -2.43. The Morgan fingerprint density at radius 2 is 1.86 bits per heavy atom. The fourth-order valence-corrected chi connectivity index (χ4v) is 3.34. The van der Waals surface area contributed by atoms with Crippen LogP contribution in [0.2, 0.25) is 0 Å². The normalized spacial score (nSPS) is 16.8. The van der Waals surface area contributed by atoms with Gasteiger partial charge in [-0.15, -0.1) is 0 Å². The highest BCUT2D eigenvalue weighted by Crippen LogP contribution is 2.29. The minimum absolute atomic E-state index is 0.331. The van der Waals surface area contributed by atoms with Gasteiger partial charge in [0.1, 0.15) is 16.9 Å². The Morgan fingerprint density at radius 3 is 2.55 bits per heavy atom. The minimum atomic E-state index is -1.32. The molecule has 152 valence electrons. The molecule has 1 aliphatic heterocycles. The van der Waals surface area contributed by atoms with Crippen molar-refractivity contribution in [3.8, 4) is 0 Å². The van der Waals surface area contributed by atoms with Crippen molar-refractivity contribution >= 4 is 16.8 Å². The van der Waals surface area contributed by atoms with Crippen LogP contribution in [0, 0.1) is 0 Å². The molecule has 0 bridgehead atoms. The van der Waals surface area contributed by atoms with Gasteiger partial charge in [0.25, 0.3) is 0 Å². The first-order chi connectivity index (χ1) is 14.1. The van der Waals surface area contributed by atoms with Gasteiger partial charge in [-0.3, -0.25) is 0 Å². The third-order valence-corrected chi connectivity index (χ3v) is 5.16. The Bertz CT molecular complexity index is 1020. The molecule has 1 unspecified atom stereocenters. The zero-order valence-corrected chi connectivity index (χ0v) is 16.3. The van der Waals surface area contributed by atoms with E-state index in [9.17, 15) is 10.2 Å². The molecule has 7 nitrogen and oxygen atoms in total. The highest BCUT2D eigenvalue weighted by molar-refractivity contribution is 6.01. The van der Waals surface area contributed by atoms with Crippen LogP contribution in [-0.2, 0) is 16.8 Å². The van der Waals surface area contributed by atoms with Crippen molar-refractivity contribution in [3.63, 3.8) is 0 Å². The highest BCUT2D eigenvalue weighted by atomic mass is 16.7. The molecule has 0 spiro atoms. The van der Waals surface area contributed by atoms with E-state index < -0.39 is 25.0 Å². The van der Waals surface area contributed by atoms with Crippen LogP contribution in [0.5, 0.6) is 0 Å². The van der Waals surface area contributed by atoms with Gasteiger partial charge in [0, 0.05) is 16.5 Å². The van der Waals surface area contributed by atoms with E-state index in [2.05, 4.69) is 29.5 Å². The molecule has 7 heteroatoms. The fraction of sp³-hybridized carbons (Fsp3) is 0.318. The smallest absolute Gasteiger partial charge is 0.202 e. The number of fused-ring (bicyclic) bond motifs is 1. The second-order valence-corrected chi connectivity index (χ2v) is 7.38. The van der Waals surface area contributed by atoms with Crippen LogP contribution < -0.4 is 11.2 Å². The Balaban J connectivity index is 1.58. The van der Waals surface area contributed by atoms with Gasteiger partial charge in [0.2, 0.25) is 6.23 Å². The lowest BCUT2D eigenvalue weighted by Gasteiger charge is -2.21. The number of benzene rings is 2. The summed E-state index contributed by atoms with van der Waals surface area (Å²) in [6.07, 6.45) is 1.77. The molecule has 0 amide bonds. The third-order valence-electron chi connectivity index (χ3n) is 5.16. The van der Waals surface area contributed by atoms with Gasteiger partial charge in [-0.2, -0.15) is 0 Å². The van der Waals surface area contributed by atoms with Crippen molar-refractivity contribution in [1.29, 1.82) is 0 Å². The summed E-state index contributed by atoms with van der Waals surface area (Å²) in [7, 11) is 0. The summed E-state index contributed by atoms with van der Waals surface area (Å²) in [5, 5.41) is 19.8. The van der Waals surface area contributed by atoms with Crippen LogP contribution in [0.4, 0.5) is 0 Å². The summed E-state index contributed by atoms with van der Waals surface area (Å²) in [5.74, 6) is 0.956. The molecular weight excluding hydrogens is 370 g/mol. The number of aliphatic hydroxyl groups is 2. The number of furan rings is 1. The zero-order valence-electron chi connectivity index (χ0n) is 16.3. The first-order valence-corrected chi connectivity index (χ1v) is 9.69. The molecule has 2 aromatic carbocycles. The number of nitrogens with zero attached hydrogens (tertiary/aromatic N) is 1. The molecule has 0 saturated carbocycles. The molecule has 4 rings (SSSR count). The zero-order chi connectivity index (χ0) is 20.4. The van der Waals surface area contributed by atoms with E-state index in [0.717, 1.165) is 29.4 Å². The van der Waals surface area contributed by atoms with Gasteiger partial charge in [0.15, 0.2) is 5.84 Å². The number of aliphatic hydroxyl groups excluding tert-OH is 2. The summed E-state index contributed by atoms with van der Waals surface area (Å²) in [5.41, 5.74) is 11.3. The second-order valence-electron chi connectivity index (χ2n) is 7.38. The van der Waals surface area contributed by atoms with E-state index in [1.165, 1.54) is 5.56 Å². The first kappa shape index (κ1) is 19.6. The van der Waals surface area contributed by atoms with Gasteiger partial charge in [0.05, 0.1) is 13.2 Å². The van der Waals surface area contributed by atoms with Crippen LogP contribution in [0.3, 0.4) is 0 Å². The Morgan fingerprint density at radius 1 is 1.10 bits per heavy atom. The van der Waals surface area contributed by atoms with Crippen LogP contribution in [0.1, 0.15) is 42.0 Å². The van der Waals surface area contributed by atoms with Crippen molar-refractivity contribution < 1.29 is 19.5 Å². The first-order valence-electron chi connectivity index (χ1n) is 9.69.